The van der Waals surface area contributed by atoms with Gasteiger partial charge in [0.1, 0.15) is 11.6 Å². The summed E-state index contributed by atoms with van der Waals surface area (Å²) in [5, 5.41) is 13.0. The summed E-state index contributed by atoms with van der Waals surface area (Å²) < 4.78 is 20.0. The molecule has 0 atom stereocenters. The number of aryl methyl sites for hydroxylation is 1. The minimum atomic E-state index is -0.858. The van der Waals surface area contributed by atoms with Crippen LogP contribution in [0, 0.1) is 5.82 Å². The van der Waals surface area contributed by atoms with Crippen LogP contribution in [0.25, 0.3) is 16.5 Å². The molecular formula is C30H29FN2O5. The number of aromatic nitrogens is 1. The highest BCUT2D eigenvalue weighted by molar-refractivity contribution is 5.98. The number of aliphatic carboxylic acids is 1. The van der Waals surface area contributed by atoms with Gasteiger partial charge < -0.3 is 15.2 Å². The third-order valence-corrected chi connectivity index (χ3v) is 6.35. The van der Waals surface area contributed by atoms with Gasteiger partial charge in [0.05, 0.1) is 12.8 Å². The van der Waals surface area contributed by atoms with Crippen molar-refractivity contribution in [3.63, 3.8) is 0 Å². The standard InChI is InChI=1S/C30H29FN2O5/c1-38-26-7-4-6-25(19-26)33-24(5-2-3-8-28(34)35)18-22-17-21(11-14-27(22)30(33)37)29(36)32-16-15-20-9-12-23(31)13-10-20/h4,6-7,9-14,17-19H,2-3,5,8,15-16H2,1H3,(H,32,36)(H,34,35). The number of hydrogen-bond donors (Lipinski definition) is 2. The number of rotatable bonds is 11. The maximum absolute atomic E-state index is 13.6. The minimum absolute atomic E-state index is 0.0548. The number of carboxylic acid groups (broad SMARTS) is 1. The number of nitrogens with one attached hydrogen (secondary N) is 1. The zero-order valence-electron chi connectivity index (χ0n) is 21.1. The quantitative estimate of drug-likeness (QED) is 0.276. The van der Waals surface area contributed by atoms with E-state index in [0.717, 1.165) is 11.3 Å². The summed E-state index contributed by atoms with van der Waals surface area (Å²) in [7, 11) is 1.56. The SMILES string of the molecule is COc1cccc(-n2c(CCCCC(=O)O)cc3cc(C(=O)NCCc4ccc(F)cc4)ccc3c2=O)c1. The van der Waals surface area contributed by atoms with Crippen LogP contribution in [0.1, 0.15) is 40.9 Å². The number of benzene rings is 3. The molecular weight excluding hydrogens is 487 g/mol. The summed E-state index contributed by atoms with van der Waals surface area (Å²) in [6, 6.07) is 20.2. The number of amides is 1. The van der Waals surface area contributed by atoms with Crippen LogP contribution < -0.4 is 15.6 Å². The van der Waals surface area contributed by atoms with Gasteiger partial charge in [0.2, 0.25) is 0 Å². The molecule has 1 heterocycles. The van der Waals surface area contributed by atoms with Gasteiger partial charge in [-0.15, -0.1) is 0 Å². The lowest BCUT2D eigenvalue weighted by molar-refractivity contribution is -0.137. The van der Waals surface area contributed by atoms with Crippen LogP contribution in [-0.4, -0.2) is 35.2 Å². The summed E-state index contributed by atoms with van der Waals surface area (Å²) >= 11 is 0. The number of ether oxygens (including phenoxy) is 1. The summed E-state index contributed by atoms with van der Waals surface area (Å²) in [6.07, 6.45) is 2.18. The fourth-order valence-corrected chi connectivity index (χ4v) is 4.39. The predicted octanol–water partition coefficient (Wildman–Crippen LogP) is 4.91. The lowest BCUT2D eigenvalue weighted by atomic mass is 10.0. The largest absolute Gasteiger partial charge is 0.497 e. The van der Waals surface area contributed by atoms with Crippen molar-refractivity contribution >= 4 is 22.6 Å². The van der Waals surface area contributed by atoms with Crippen LogP contribution in [0.4, 0.5) is 4.39 Å². The molecule has 4 aromatic rings. The van der Waals surface area contributed by atoms with Crippen molar-refractivity contribution in [2.45, 2.75) is 32.1 Å². The summed E-state index contributed by atoms with van der Waals surface area (Å²) in [5.41, 5.74) is 2.47. The summed E-state index contributed by atoms with van der Waals surface area (Å²) in [6.45, 7) is 0.384. The number of carbonyl (C=O) groups is 2. The highest BCUT2D eigenvalue weighted by Crippen LogP contribution is 2.22. The molecule has 0 aliphatic heterocycles. The van der Waals surface area contributed by atoms with E-state index < -0.39 is 5.97 Å². The number of hydrogen-bond acceptors (Lipinski definition) is 4. The van der Waals surface area contributed by atoms with E-state index in [1.165, 1.54) is 12.1 Å². The molecule has 0 fully saturated rings. The molecule has 0 saturated carbocycles. The molecule has 0 saturated heterocycles. The van der Waals surface area contributed by atoms with Gasteiger partial charge in [-0.05, 0) is 85.2 Å². The fourth-order valence-electron chi connectivity index (χ4n) is 4.39. The van der Waals surface area contributed by atoms with Crippen LogP contribution in [0.3, 0.4) is 0 Å². The molecule has 0 aliphatic rings. The average molecular weight is 517 g/mol. The molecule has 0 aliphatic carbocycles. The van der Waals surface area contributed by atoms with Gasteiger partial charge in [0.25, 0.3) is 11.5 Å². The summed E-state index contributed by atoms with van der Waals surface area (Å²) in [4.78, 5) is 37.4. The molecule has 4 rings (SSSR count). The number of methoxy groups -OCH3 is 1. The van der Waals surface area contributed by atoms with E-state index in [1.54, 1.807) is 60.2 Å². The molecule has 2 N–H and O–H groups in total. The fraction of sp³-hybridized carbons (Fsp3) is 0.233. The molecule has 3 aromatic carbocycles. The number of halogens is 1. The van der Waals surface area contributed by atoms with Gasteiger partial charge in [-0.25, -0.2) is 4.39 Å². The molecule has 1 amide bonds. The predicted molar refractivity (Wildman–Crippen MR) is 144 cm³/mol. The Bertz CT molecular complexity index is 1510. The van der Waals surface area contributed by atoms with Crippen molar-refractivity contribution in [3.05, 3.63) is 106 Å². The van der Waals surface area contributed by atoms with Crippen molar-refractivity contribution in [1.82, 2.24) is 9.88 Å². The lowest BCUT2D eigenvalue weighted by Gasteiger charge is -2.16. The highest BCUT2D eigenvalue weighted by Gasteiger charge is 2.14. The topological polar surface area (TPSA) is 97.6 Å². The van der Waals surface area contributed by atoms with Gasteiger partial charge in [0.15, 0.2) is 0 Å². The van der Waals surface area contributed by atoms with Crippen molar-refractivity contribution in [1.29, 1.82) is 0 Å². The van der Waals surface area contributed by atoms with E-state index in [-0.39, 0.29) is 23.7 Å². The zero-order chi connectivity index (χ0) is 27.1. The molecule has 0 radical (unpaired) electrons. The van der Waals surface area contributed by atoms with Crippen molar-refractivity contribution in [2.75, 3.05) is 13.7 Å². The van der Waals surface area contributed by atoms with Crippen molar-refractivity contribution in [3.8, 4) is 11.4 Å². The van der Waals surface area contributed by atoms with Gasteiger partial charge in [-0.2, -0.15) is 0 Å². The van der Waals surface area contributed by atoms with Gasteiger partial charge in [-0.3, -0.25) is 19.0 Å². The average Bonchev–Trinajstić information content (AvgIpc) is 2.92. The molecule has 38 heavy (non-hydrogen) atoms. The number of unbranched alkanes of at least 4 members (excludes halogenated alkanes) is 1. The molecule has 7 nitrogen and oxygen atoms in total. The lowest BCUT2D eigenvalue weighted by Crippen LogP contribution is -2.26. The minimum Gasteiger partial charge on any atom is -0.497 e. The van der Waals surface area contributed by atoms with E-state index in [9.17, 15) is 18.8 Å². The smallest absolute Gasteiger partial charge is 0.303 e. The highest BCUT2D eigenvalue weighted by atomic mass is 19.1. The van der Waals surface area contributed by atoms with E-state index in [4.69, 9.17) is 9.84 Å². The van der Waals surface area contributed by atoms with E-state index >= 15 is 0 Å². The van der Waals surface area contributed by atoms with Crippen molar-refractivity contribution in [2.24, 2.45) is 0 Å². The summed E-state index contributed by atoms with van der Waals surface area (Å²) in [5.74, 6) is -0.822. The van der Waals surface area contributed by atoms with Crippen molar-refractivity contribution < 1.29 is 23.8 Å². The maximum atomic E-state index is 13.6. The number of nitrogens with zero attached hydrogens (tertiary/aromatic N) is 1. The number of pyridine rings is 1. The first-order valence-corrected chi connectivity index (χ1v) is 12.4. The molecule has 0 unspecified atom stereocenters. The van der Waals surface area contributed by atoms with E-state index in [1.807, 2.05) is 12.1 Å². The van der Waals surface area contributed by atoms with Crippen LogP contribution in [-0.2, 0) is 17.6 Å². The van der Waals surface area contributed by atoms with Gasteiger partial charge >= 0.3 is 5.97 Å². The Hall–Kier alpha value is -4.46. The first kappa shape index (κ1) is 26.6. The van der Waals surface area contributed by atoms with Crippen LogP contribution in [0.15, 0.2) is 77.6 Å². The number of carbonyl (C=O) groups excluding carboxylic acids is 1. The van der Waals surface area contributed by atoms with E-state index in [2.05, 4.69) is 5.32 Å². The van der Waals surface area contributed by atoms with E-state index in [0.29, 0.717) is 60.0 Å². The second kappa shape index (κ2) is 12.2. The zero-order valence-corrected chi connectivity index (χ0v) is 21.1. The van der Waals surface area contributed by atoms with Crippen LogP contribution in [0.2, 0.25) is 0 Å². The first-order valence-electron chi connectivity index (χ1n) is 12.4. The Morgan fingerprint density at radius 3 is 2.50 bits per heavy atom. The first-order chi connectivity index (χ1) is 18.4. The Kier molecular flexibility index (Phi) is 8.53. The molecule has 196 valence electrons. The molecule has 8 heteroatoms. The Morgan fingerprint density at radius 1 is 0.974 bits per heavy atom. The van der Waals surface area contributed by atoms with Gasteiger partial charge in [0, 0.05) is 35.7 Å². The van der Waals surface area contributed by atoms with Crippen LogP contribution in [0.5, 0.6) is 5.75 Å². The molecule has 1 aromatic heterocycles. The second-order valence-electron chi connectivity index (χ2n) is 9.01. The molecule has 0 spiro atoms. The second-order valence-corrected chi connectivity index (χ2v) is 9.01. The maximum Gasteiger partial charge on any atom is 0.303 e. The molecule has 0 bridgehead atoms. The Morgan fingerprint density at radius 2 is 1.76 bits per heavy atom. The van der Waals surface area contributed by atoms with Crippen LogP contribution >= 0.6 is 0 Å². The number of carboxylic acids is 1. The Labute approximate surface area is 219 Å². The monoisotopic (exact) mass is 516 g/mol. The Balaban J connectivity index is 1.62. The third-order valence-electron chi connectivity index (χ3n) is 6.35. The van der Waals surface area contributed by atoms with Gasteiger partial charge in [-0.1, -0.05) is 18.2 Å². The third kappa shape index (κ3) is 6.45. The number of fused-ring (bicyclic) bond motifs is 1. The normalized spacial score (nSPS) is 10.9.